The third kappa shape index (κ3) is 3.83. The van der Waals surface area contributed by atoms with Gasteiger partial charge in [-0.3, -0.25) is 14.3 Å². The van der Waals surface area contributed by atoms with Crippen LogP contribution in [0.4, 0.5) is 0 Å². The topological polar surface area (TPSA) is 82.2 Å². The molecule has 28 heavy (non-hydrogen) atoms. The number of hydrogen-bond acceptors (Lipinski definition) is 5. The molecule has 0 radical (unpaired) electrons. The fourth-order valence-corrected chi connectivity index (χ4v) is 3.75. The van der Waals surface area contributed by atoms with Gasteiger partial charge >= 0.3 is 0 Å². The lowest BCUT2D eigenvalue weighted by atomic mass is 10.1. The molecular formula is C20H31N5O3. The number of ether oxygens (including phenoxy) is 1. The highest BCUT2D eigenvalue weighted by Gasteiger charge is 2.28. The van der Waals surface area contributed by atoms with Gasteiger partial charge in [-0.15, -0.1) is 0 Å². The lowest BCUT2D eigenvalue weighted by Gasteiger charge is -2.35. The fourth-order valence-electron chi connectivity index (χ4n) is 3.75. The average Bonchev–Trinajstić information content (AvgIpc) is 3.01. The van der Waals surface area contributed by atoms with Crippen LogP contribution < -0.4 is 5.56 Å². The van der Waals surface area contributed by atoms with Gasteiger partial charge in [0.1, 0.15) is 12.1 Å². The monoisotopic (exact) mass is 389 g/mol. The number of amides is 1. The van der Waals surface area contributed by atoms with Crippen LogP contribution >= 0.6 is 0 Å². The Labute approximate surface area is 165 Å². The zero-order valence-electron chi connectivity index (χ0n) is 17.9. The van der Waals surface area contributed by atoms with Crippen molar-refractivity contribution in [1.82, 2.24) is 24.5 Å². The lowest BCUT2D eigenvalue weighted by molar-refractivity contribution is -0.144. The molecule has 1 saturated heterocycles. The van der Waals surface area contributed by atoms with E-state index >= 15 is 0 Å². The van der Waals surface area contributed by atoms with Crippen molar-refractivity contribution in [1.29, 1.82) is 0 Å². The van der Waals surface area contributed by atoms with Crippen molar-refractivity contribution >= 4 is 16.8 Å². The molecule has 3 rings (SSSR count). The van der Waals surface area contributed by atoms with Crippen LogP contribution in [0.1, 0.15) is 60.1 Å². The Balaban J connectivity index is 2.05. The molecule has 1 amide bonds. The first kappa shape index (κ1) is 20.5. The van der Waals surface area contributed by atoms with E-state index in [-0.39, 0.29) is 41.7 Å². The number of aromatic nitrogens is 4. The zero-order chi connectivity index (χ0) is 20.8. The molecule has 0 bridgehead atoms. The third-order valence-corrected chi connectivity index (χ3v) is 4.95. The number of fused-ring (bicyclic) bond motifs is 1. The van der Waals surface area contributed by atoms with Crippen molar-refractivity contribution in [3.8, 4) is 0 Å². The number of carbonyl (C=O) groups excluding carboxylic acids is 1. The van der Waals surface area contributed by atoms with Gasteiger partial charge < -0.3 is 9.64 Å². The second kappa shape index (κ2) is 7.31. The summed E-state index contributed by atoms with van der Waals surface area (Å²) in [5.41, 5.74) is 0.645. The predicted octanol–water partition coefficient (Wildman–Crippen LogP) is 2.11. The quantitative estimate of drug-likeness (QED) is 0.803. The summed E-state index contributed by atoms with van der Waals surface area (Å²) in [6, 6.07) is 0. The summed E-state index contributed by atoms with van der Waals surface area (Å²) in [6.07, 6.45) is 1.67. The van der Waals surface area contributed by atoms with E-state index < -0.39 is 0 Å². The minimum atomic E-state index is -0.354. The molecule has 8 heteroatoms. The van der Waals surface area contributed by atoms with Gasteiger partial charge in [-0.25, -0.2) is 4.68 Å². The van der Waals surface area contributed by atoms with Crippen molar-refractivity contribution in [2.75, 3.05) is 13.1 Å². The molecule has 154 valence electrons. The summed E-state index contributed by atoms with van der Waals surface area (Å²) < 4.78 is 8.74. The highest BCUT2D eigenvalue weighted by molar-refractivity contribution is 5.81. The molecule has 8 nitrogen and oxygen atoms in total. The number of hydrogen-bond donors (Lipinski definition) is 0. The van der Waals surface area contributed by atoms with Gasteiger partial charge in [0.2, 0.25) is 5.91 Å². The first-order chi connectivity index (χ1) is 13.0. The molecule has 2 aromatic rings. The fraction of sp³-hybridized carbons (Fsp3) is 0.700. The van der Waals surface area contributed by atoms with Crippen molar-refractivity contribution < 1.29 is 9.53 Å². The van der Waals surface area contributed by atoms with Crippen molar-refractivity contribution in [2.24, 2.45) is 0 Å². The average molecular weight is 390 g/mol. The Morgan fingerprint density at radius 3 is 2.39 bits per heavy atom. The molecule has 0 aromatic carbocycles. The van der Waals surface area contributed by atoms with Crippen molar-refractivity contribution in [3.63, 3.8) is 0 Å². The van der Waals surface area contributed by atoms with E-state index in [1.165, 1.54) is 4.68 Å². The summed E-state index contributed by atoms with van der Waals surface area (Å²) >= 11 is 0. The van der Waals surface area contributed by atoms with E-state index in [1.807, 2.05) is 48.5 Å². The Kier molecular flexibility index (Phi) is 5.36. The van der Waals surface area contributed by atoms with Crippen LogP contribution in [0.25, 0.3) is 10.9 Å². The number of morpholine rings is 1. The van der Waals surface area contributed by atoms with E-state index in [2.05, 4.69) is 10.2 Å². The minimum Gasteiger partial charge on any atom is -0.372 e. The maximum atomic E-state index is 13.2. The molecule has 0 spiro atoms. The van der Waals surface area contributed by atoms with Crippen molar-refractivity contribution in [2.45, 2.75) is 78.7 Å². The van der Waals surface area contributed by atoms with Crippen LogP contribution in [0.3, 0.4) is 0 Å². The highest BCUT2D eigenvalue weighted by atomic mass is 16.5. The van der Waals surface area contributed by atoms with Gasteiger partial charge in [0, 0.05) is 18.5 Å². The Hall–Kier alpha value is -2.22. The highest BCUT2D eigenvalue weighted by Crippen LogP contribution is 2.24. The Morgan fingerprint density at radius 1 is 1.25 bits per heavy atom. The van der Waals surface area contributed by atoms with E-state index in [9.17, 15) is 9.59 Å². The van der Waals surface area contributed by atoms with E-state index in [0.717, 1.165) is 11.1 Å². The molecule has 1 fully saturated rings. The normalized spacial score (nSPS) is 20.9. The number of nitrogens with zero attached hydrogens (tertiary/aromatic N) is 5. The maximum absolute atomic E-state index is 13.2. The molecule has 1 aliphatic rings. The molecule has 2 atom stereocenters. The van der Waals surface area contributed by atoms with Crippen LogP contribution in [0.2, 0.25) is 0 Å². The van der Waals surface area contributed by atoms with Gasteiger partial charge in [0.05, 0.1) is 29.6 Å². The molecule has 0 unspecified atom stereocenters. The van der Waals surface area contributed by atoms with Gasteiger partial charge in [0.15, 0.2) is 0 Å². The molecule has 1 aliphatic heterocycles. The largest absolute Gasteiger partial charge is 0.372 e. The summed E-state index contributed by atoms with van der Waals surface area (Å²) in [7, 11) is 0. The van der Waals surface area contributed by atoms with Crippen LogP contribution in [0.5, 0.6) is 0 Å². The number of carbonyl (C=O) groups is 1. The van der Waals surface area contributed by atoms with Crippen LogP contribution in [-0.2, 0) is 21.6 Å². The van der Waals surface area contributed by atoms with Crippen molar-refractivity contribution in [3.05, 3.63) is 22.2 Å². The first-order valence-electron chi connectivity index (χ1n) is 9.91. The smallest absolute Gasteiger partial charge is 0.293 e. The summed E-state index contributed by atoms with van der Waals surface area (Å²) in [6.45, 7) is 14.9. The minimum absolute atomic E-state index is 0.0200. The third-order valence-electron chi connectivity index (χ3n) is 4.95. The summed E-state index contributed by atoms with van der Waals surface area (Å²) in [5, 5.41) is 9.75. The van der Waals surface area contributed by atoms with Gasteiger partial charge in [-0.05, 0) is 40.5 Å². The van der Waals surface area contributed by atoms with Crippen LogP contribution in [0, 0.1) is 0 Å². The Bertz CT molecular complexity index is 928. The molecule has 2 aromatic heterocycles. The van der Waals surface area contributed by atoms with Gasteiger partial charge in [-0.2, -0.15) is 10.2 Å². The summed E-state index contributed by atoms with van der Waals surface area (Å²) in [4.78, 5) is 27.9. The van der Waals surface area contributed by atoms with Crippen LogP contribution in [-0.4, -0.2) is 55.7 Å². The van der Waals surface area contributed by atoms with Crippen LogP contribution in [0.15, 0.2) is 11.0 Å². The zero-order valence-corrected chi connectivity index (χ0v) is 17.9. The maximum Gasteiger partial charge on any atom is 0.293 e. The Morgan fingerprint density at radius 2 is 1.86 bits per heavy atom. The number of rotatable bonds is 3. The second-order valence-corrected chi connectivity index (χ2v) is 9.05. The van der Waals surface area contributed by atoms with E-state index in [1.54, 1.807) is 15.8 Å². The molecular weight excluding hydrogens is 358 g/mol. The predicted molar refractivity (Wildman–Crippen MR) is 107 cm³/mol. The summed E-state index contributed by atoms with van der Waals surface area (Å²) in [5.74, 6) is -0.0158. The molecule has 3 heterocycles. The molecule has 0 aliphatic carbocycles. The van der Waals surface area contributed by atoms with Gasteiger partial charge in [-0.1, -0.05) is 13.8 Å². The first-order valence-corrected chi connectivity index (χ1v) is 9.91. The SMILES string of the molecule is CC(C)c1nn(CC(=O)N2C[C@@H](C)O[C@H](C)C2)c(=O)c2c1cnn2C(C)(C)C. The standard InChI is InChI=1S/C20H31N5O3/c1-12(2)17-15-8-21-25(20(5,6)7)18(15)19(27)24(22-17)11-16(26)23-9-13(3)28-14(4)10-23/h8,12-14H,9-11H2,1-7H3/t13-,14-/m1/s1. The molecule has 0 N–H and O–H groups in total. The second-order valence-electron chi connectivity index (χ2n) is 9.05. The van der Waals surface area contributed by atoms with E-state index in [0.29, 0.717) is 18.6 Å². The van der Waals surface area contributed by atoms with E-state index in [4.69, 9.17) is 4.74 Å². The molecule has 0 saturated carbocycles. The van der Waals surface area contributed by atoms with Gasteiger partial charge in [0.25, 0.3) is 5.56 Å². The lowest BCUT2D eigenvalue weighted by Crippen LogP contribution is -2.50.